The van der Waals surface area contributed by atoms with Gasteiger partial charge in [0.05, 0.1) is 12.7 Å². The lowest BCUT2D eigenvalue weighted by molar-refractivity contribution is -0.121. The van der Waals surface area contributed by atoms with E-state index in [1.54, 1.807) is 6.26 Å². The molecule has 4 heteroatoms. The van der Waals surface area contributed by atoms with Gasteiger partial charge in [-0.2, -0.15) is 0 Å². The molecular formula is C19H24N2O2. The summed E-state index contributed by atoms with van der Waals surface area (Å²) in [6, 6.07) is 5.69. The molecule has 3 heterocycles. The highest BCUT2D eigenvalue weighted by Crippen LogP contribution is 2.28. The fourth-order valence-electron chi connectivity index (χ4n) is 4.10. The molecule has 4 nitrogen and oxygen atoms in total. The second-order valence-corrected chi connectivity index (χ2v) is 7.24. The number of carbonyl (C=O) groups is 1. The van der Waals surface area contributed by atoms with Gasteiger partial charge in [-0.25, -0.2) is 0 Å². The average Bonchev–Trinajstić information content (AvgIpc) is 3.03. The first-order valence-corrected chi connectivity index (χ1v) is 8.61. The van der Waals surface area contributed by atoms with Crippen LogP contribution in [0.4, 0.5) is 0 Å². The first kappa shape index (κ1) is 14.8. The first-order valence-electron chi connectivity index (χ1n) is 8.61. The van der Waals surface area contributed by atoms with Gasteiger partial charge in [-0.3, -0.25) is 4.79 Å². The van der Waals surface area contributed by atoms with Crippen LogP contribution in [-0.4, -0.2) is 24.0 Å². The summed E-state index contributed by atoms with van der Waals surface area (Å²) in [7, 11) is 0. The second-order valence-electron chi connectivity index (χ2n) is 7.24. The van der Waals surface area contributed by atoms with Crippen LogP contribution in [0.5, 0.6) is 0 Å². The van der Waals surface area contributed by atoms with Crippen LogP contribution < -0.4 is 10.6 Å². The number of nitrogens with one attached hydrogen (secondary N) is 2. The summed E-state index contributed by atoms with van der Waals surface area (Å²) < 4.78 is 5.63. The number of amides is 1. The molecule has 4 rings (SSSR count). The molecule has 2 aliphatic heterocycles. The van der Waals surface area contributed by atoms with E-state index in [4.69, 9.17) is 4.42 Å². The Morgan fingerprint density at radius 2 is 1.91 bits per heavy atom. The first-order chi connectivity index (χ1) is 11.1. The number of hydrogen-bond donors (Lipinski definition) is 2. The number of fused-ring (bicyclic) bond motifs is 3. The number of furan rings is 1. The maximum Gasteiger partial charge on any atom is 0.224 e. The largest absolute Gasteiger partial charge is 0.464 e. The highest BCUT2D eigenvalue weighted by molar-refractivity contribution is 5.88. The number of benzene rings is 1. The Morgan fingerprint density at radius 1 is 1.22 bits per heavy atom. The SMILES string of the molecule is Cc1cc2occ(CC(=O)NC3CC4CCC(C3)N4)c2cc1C. The van der Waals surface area contributed by atoms with Gasteiger partial charge in [-0.05, 0) is 62.8 Å². The Balaban J connectivity index is 1.45. The van der Waals surface area contributed by atoms with Crippen LogP contribution in [0.3, 0.4) is 0 Å². The number of piperidine rings is 1. The summed E-state index contributed by atoms with van der Waals surface area (Å²) in [6.45, 7) is 4.17. The summed E-state index contributed by atoms with van der Waals surface area (Å²) in [5, 5.41) is 7.90. The van der Waals surface area contributed by atoms with E-state index in [-0.39, 0.29) is 5.91 Å². The summed E-state index contributed by atoms with van der Waals surface area (Å²) in [4.78, 5) is 12.4. The van der Waals surface area contributed by atoms with Gasteiger partial charge in [0.15, 0.2) is 0 Å². The van der Waals surface area contributed by atoms with Crippen LogP contribution in [-0.2, 0) is 11.2 Å². The van der Waals surface area contributed by atoms with Crippen molar-refractivity contribution in [3.63, 3.8) is 0 Å². The smallest absolute Gasteiger partial charge is 0.224 e. The topological polar surface area (TPSA) is 54.3 Å². The highest BCUT2D eigenvalue weighted by Gasteiger charge is 2.33. The molecule has 2 saturated heterocycles. The van der Waals surface area contributed by atoms with E-state index in [9.17, 15) is 4.79 Å². The minimum atomic E-state index is 0.109. The lowest BCUT2D eigenvalue weighted by Crippen LogP contribution is -2.48. The third-order valence-corrected chi connectivity index (χ3v) is 5.46. The van der Waals surface area contributed by atoms with E-state index in [1.165, 1.54) is 24.0 Å². The van der Waals surface area contributed by atoms with Crippen LogP contribution in [0.1, 0.15) is 42.4 Å². The molecule has 23 heavy (non-hydrogen) atoms. The maximum atomic E-state index is 12.4. The van der Waals surface area contributed by atoms with Gasteiger partial charge >= 0.3 is 0 Å². The maximum absolute atomic E-state index is 12.4. The van der Waals surface area contributed by atoms with Crippen LogP contribution >= 0.6 is 0 Å². The summed E-state index contributed by atoms with van der Waals surface area (Å²) >= 11 is 0. The van der Waals surface area contributed by atoms with Crippen LogP contribution in [0.25, 0.3) is 11.0 Å². The normalized spacial score (nSPS) is 26.6. The van der Waals surface area contributed by atoms with E-state index < -0.39 is 0 Å². The zero-order chi connectivity index (χ0) is 16.0. The lowest BCUT2D eigenvalue weighted by atomic mass is 9.99. The fraction of sp³-hybridized carbons (Fsp3) is 0.526. The lowest BCUT2D eigenvalue weighted by Gasteiger charge is -2.29. The van der Waals surface area contributed by atoms with E-state index in [2.05, 4.69) is 36.6 Å². The molecule has 2 bridgehead atoms. The van der Waals surface area contributed by atoms with Crippen molar-refractivity contribution < 1.29 is 9.21 Å². The van der Waals surface area contributed by atoms with Crippen LogP contribution in [0, 0.1) is 13.8 Å². The third-order valence-electron chi connectivity index (χ3n) is 5.46. The van der Waals surface area contributed by atoms with Crippen molar-refractivity contribution in [2.24, 2.45) is 0 Å². The number of carbonyl (C=O) groups excluding carboxylic acids is 1. The minimum absolute atomic E-state index is 0.109. The third kappa shape index (κ3) is 2.88. The standard InChI is InChI=1S/C19H24N2O2/c1-11-5-17-13(10-23-18(17)6-12(11)2)7-19(22)21-16-8-14-3-4-15(9-16)20-14/h5-6,10,14-16,20H,3-4,7-9H2,1-2H3,(H,21,22). The molecule has 2 fully saturated rings. The predicted molar refractivity (Wildman–Crippen MR) is 90.5 cm³/mol. The van der Waals surface area contributed by atoms with Crippen molar-refractivity contribution >= 4 is 16.9 Å². The molecule has 2 aromatic rings. The Bertz CT molecular complexity index is 737. The summed E-state index contributed by atoms with van der Waals surface area (Å²) in [5.74, 6) is 0.109. The number of rotatable bonds is 3. The summed E-state index contributed by atoms with van der Waals surface area (Å²) in [5.41, 5.74) is 4.30. The summed E-state index contributed by atoms with van der Waals surface area (Å²) in [6.07, 6.45) is 6.76. The Kier molecular flexibility index (Phi) is 3.64. The zero-order valence-corrected chi connectivity index (χ0v) is 13.8. The van der Waals surface area contributed by atoms with Gasteiger partial charge in [0.1, 0.15) is 5.58 Å². The van der Waals surface area contributed by atoms with Gasteiger partial charge in [-0.15, -0.1) is 0 Å². The molecule has 0 aliphatic carbocycles. The monoisotopic (exact) mass is 312 g/mol. The highest BCUT2D eigenvalue weighted by atomic mass is 16.3. The quantitative estimate of drug-likeness (QED) is 0.916. The van der Waals surface area contributed by atoms with Gasteiger partial charge in [-0.1, -0.05) is 0 Å². The molecule has 2 unspecified atom stereocenters. The van der Waals surface area contributed by atoms with Gasteiger partial charge in [0.25, 0.3) is 0 Å². The van der Waals surface area contributed by atoms with Gasteiger partial charge in [0, 0.05) is 29.1 Å². The molecule has 2 aliphatic rings. The van der Waals surface area contributed by atoms with E-state index >= 15 is 0 Å². The van der Waals surface area contributed by atoms with Crippen molar-refractivity contribution in [3.8, 4) is 0 Å². The van der Waals surface area contributed by atoms with Crippen molar-refractivity contribution in [3.05, 3.63) is 35.1 Å². The molecule has 0 saturated carbocycles. The molecule has 1 amide bonds. The molecule has 1 aromatic carbocycles. The second kappa shape index (κ2) is 5.68. The average molecular weight is 312 g/mol. The van der Waals surface area contributed by atoms with Crippen molar-refractivity contribution in [1.82, 2.24) is 10.6 Å². The van der Waals surface area contributed by atoms with Gasteiger partial charge < -0.3 is 15.1 Å². The number of aryl methyl sites for hydroxylation is 2. The molecule has 0 spiro atoms. The fourth-order valence-corrected chi connectivity index (χ4v) is 4.10. The molecule has 122 valence electrons. The van der Waals surface area contributed by atoms with E-state index in [1.807, 2.05) is 0 Å². The molecule has 2 N–H and O–H groups in total. The Morgan fingerprint density at radius 3 is 2.65 bits per heavy atom. The zero-order valence-electron chi connectivity index (χ0n) is 13.8. The van der Waals surface area contributed by atoms with Crippen molar-refractivity contribution in [2.75, 3.05) is 0 Å². The molecule has 0 radical (unpaired) electrons. The van der Waals surface area contributed by atoms with E-state index in [0.717, 1.165) is 29.4 Å². The molecule has 1 aromatic heterocycles. The predicted octanol–water partition coefficient (Wildman–Crippen LogP) is 2.99. The van der Waals surface area contributed by atoms with Crippen molar-refractivity contribution in [2.45, 2.75) is 64.1 Å². The Hall–Kier alpha value is -1.81. The van der Waals surface area contributed by atoms with Gasteiger partial charge in [0.2, 0.25) is 5.91 Å². The number of hydrogen-bond acceptors (Lipinski definition) is 3. The van der Waals surface area contributed by atoms with E-state index in [0.29, 0.717) is 24.5 Å². The molecular weight excluding hydrogens is 288 g/mol. The Labute approximate surface area is 136 Å². The van der Waals surface area contributed by atoms with Crippen LogP contribution in [0.15, 0.2) is 22.8 Å². The van der Waals surface area contributed by atoms with Crippen LogP contribution in [0.2, 0.25) is 0 Å². The molecule has 2 atom stereocenters. The minimum Gasteiger partial charge on any atom is -0.464 e. The van der Waals surface area contributed by atoms with Crippen molar-refractivity contribution in [1.29, 1.82) is 0 Å².